The van der Waals surface area contributed by atoms with Crippen LogP contribution in [0.15, 0.2) is 48.5 Å². The number of quaternary nitrogens is 1. The Hall–Kier alpha value is -2.04. The van der Waals surface area contributed by atoms with Gasteiger partial charge in [0.2, 0.25) is 0 Å². The molecule has 0 unspecified atom stereocenters. The van der Waals surface area contributed by atoms with E-state index in [0.29, 0.717) is 6.54 Å². The second-order valence-electron chi connectivity index (χ2n) is 7.98. The summed E-state index contributed by atoms with van der Waals surface area (Å²) in [5.41, 5.74) is 3.84. The molecule has 28 heavy (non-hydrogen) atoms. The Bertz CT molecular complexity index is 832. The molecule has 1 aliphatic heterocycles. The Morgan fingerprint density at radius 1 is 1.14 bits per heavy atom. The second kappa shape index (κ2) is 8.54. The number of nitrogens with zero attached hydrogens (tertiary/aromatic N) is 2. The number of halogens is 1. The molecule has 2 aromatic carbocycles. The van der Waals surface area contributed by atoms with Crippen LogP contribution >= 0.6 is 11.6 Å². The lowest BCUT2D eigenvalue weighted by Gasteiger charge is -2.36. The summed E-state index contributed by atoms with van der Waals surface area (Å²) < 4.78 is 0. The molecule has 0 radical (unpaired) electrons. The van der Waals surface area contributed by atoms with E-state index in [2.05, 4.69) is 35.2 Å². The maximum Gasteiger partial charge on any atom is 0.278 e. The molecule has 1 amide bonds. The van der Waals surface area contributed by atoms with E-state index in [-0.39, 0.29) is 11.9 Å². The highest BCUT2D eigenvalue weighted by atomic mass is 35.5. The van der Waals surface area contributed by atoms with Crippen LogP contribution in [0, 0.1) is 0 Å². The SMILES string of the molecule is CN(C(=O)C[NH+]1CCN(c2ccccc2Cl)CC1)[C@H]1CCCc2ccccc21. The molecular formula is C23H29ClN3O+. The number of carbonyl (C=O) groups is 1. The van der Waals surface area contributed by atoms with Crippen LogP contribution in [0.1, 0.15) is 30.0 Å². The topological polar surface area (TPSA) is 28.0 Å². The Kier molecular flexibility index (Phi) is 5.88. The molecule has 5 heteroatoms. The third-order valence-electron chi connectivity index (χ3n) is 6.26. The van der Waals surface area contributed by atoms with E-state index in [4.69, 9.17) is 11.6 Å². The summed E-state index contributed by atoms with van der Waals surface area (Å²) in [6, 6.07) is 16.8. The minimum Gasteiger partial charge on any atom is -0.359 e. The highest BCUT2D eigenvalue weighted by molar-refractivity contribution is 6.33. The van der Waals surface area contributed by atoms with E-state index in [9.17, 15) is 4.79 Å². The van der Waals surface area contributed by atoms with Gasteiger partial charge in [-0.2, -0.15) is 0 Å². The van der Waals surface area contributed by atoms with Crippen molar-refractivity contribution in [2.75, 3.05) is 44.7 Å². The van der Waals surface area contributed by atoms with Gasteiger partial charge in [-0.15, -0.1) is 0 Å². The average Bonchev–Trinajstić information content (AvgIpc) is 2.74. The predicted molar refractivity (Wildman–Crippen MR) is 114 cm³/mol. The van der Waals surface area contributed by atoms with Crippen LogP contribution in [0.5, 0.6) is 0 Å². The molecule has 4 rings (SSSR count). The molecule has 1 saturated heterocycles. The van der Waals surface area contributed by atoms with Gasteiger partial charge in [-0.05, 0) is 42.5 Å². The van der Waals surface area contributed by atoms with Gasteiger partial charge in [-0.25, -0.2) is 0 Å². The Morgan fingerprint density at radius 3 is 2.64 bits per heavy atom. The van der Waals surface area contributed by atoms with Crippen molar-refractivity contribution in [2.24, 2.45) is 0 Å². The van der Waals surface area contributed by atoms with Crippen molar-refractivity contribution in [3.8, 4) is 0 Å². The largest absolute Gasteiger partial charge is 0.359 e. The normalized spacial score (nSPS) is 19.9. The number of hydrogen-bond donors (Lipinski definition) is 1. The molecule has 1 atom stereocenters. The highest BCUT2D eigenvalue weighted by Crippen LogP contribution is 2.33. The molecule has 0 spiro atoms. The van der Waals surface area contributed by atoms with Crippen molar-refractivity contribution in [3.05, 3.63) is 64.7 Å². The molecular weight excluding hydrogens is 370 g/mol. The summed E-state index contributed by atoms with van der Waals surface area (Å²) in [6.45, 7) is 4.37. The predicted octanol–water partition coefficient (Wildman–Crippen LogP) is 2.58. The van der Waals surface area contributed by atoms with Gasteiger partial charge in [0, 0.05) is 7.05 Å². The molecule has 148 valence electrons. The monoisotopic (exact) mass is 398 g/mol. The number of anilines is 1. The second-order valence-corrected chi connectivity index (χ2v) is 8.38. The zero-order valence-corrected chi connectivity index (χ0v) is 17.3. The van der Waals surface area contributed by atoms with Crippen molar-refractivity contribution in [1.29, 1.82) is 0 Å². The Morgan fingerprint density at radius 2 is 1.86 bits per heavy atom. The van der Waals surface area contributed by atoms with Crippen LogP contribution in [-0.2, 0) is 11.2 Å². The third-order valence-corrected chi connectivity index (χ3v) is 6.58. The molecule has 1 aliphatic carbocycles. The van der Waals surface area contributed by atoms with Gasteiger partial charge < -0.3 is 14.7 Å². The van der Waals surface area contributed by atoms with Gasteiger partial charge in [-0.3, -0.25) is 4.79 Å². The number of amides is 1. The van der Waals surface area contributed by atoms with Crippen molar-refractivity contribution in [1.82, 2.24) is 4.90 Å². The number of hydrogen-bond acceptors (Lipinski definition) is 2. The molecule has 0 bridgehead atoms. The van der Waals surface area contributed by atoms with Gasteiger partial charge in [-0.1, -0.05) is 48.0 Å². The number of piperazine rings is 1. The number of nitrogens with one attached hydrogen (secondary N) is 1. The van der Waals surface area contributed by atoms with Crippen molar-refractivity contribution in [2.45, 2.75) is 25.3 Å². The quantitative estimate of drug-likeness (QED) is 0.857. The maximum absolute atomic E-state index is 13.0. The maximum atomic E-state index is 13.0. The molecule has 1 N–H and O–H groups in total. The fourth-order valence-electron chi connectivity index (χ4n) is 4.59. The summed E-state index contributed by atoms with van der Waals surface area (Å²) in [5.74, 6) is 0.253. The number of fused-ring (bicyclic) bond motifs is 1. The first kappa shape index (κ1) is 19.3. The average molecular weight is 399 g/mol. The van der Waals surface area contributed by atoms with Gasteiger partial charge in [0.25, 0.3) is 5.91 Å². The molecule has 1 fully saturated rings. The number of para-hydroxylation sites is 1. The molecule has 2 aliphatic rings. The smallest absolute Gasteiger partial charge is 0.278 e. The number of aryl methyl sites for hydroxylation is 1. The summed E-state index contributed by atoms with van der Waals surface area (Å²) in [4.78, 5) is 18.7. The van der Waals surface area contributed by atoms with Crippen LogP contribution in [0.25, 0.3) is 0 Å². The van der Waals surface area contributed by atoms with Gasteiger partial charge in [0.05, 0.1) is 42.9 Å². The highest BCUT2D eigenvalue weighted by Gasteiger charge is 2.30. The summed E-state index contributed by atoms with van der Waals surface area (Å²) in [7, 11) is 1.98. The van der Waals surface area contributed by atoms with Crippen LogP contribution in [0.2, 0.25) is 5.02 Å². The van der Waals surface area contributed by atoms with E-state index >= 15 is 0 Å². The Labute approximate surface area is 172 Å². The zero-order chi connectivity index (χ0) is 19.5. The number of carbonyl (C=O) groups excluding carboxylic acids is 1. The minimum atomic E-state index is 0.223. The van der Waals surface area contributed by atoms with E-state index < -0.39 is 0 Å². The molecule has 4 nitrogen and oxygen atoms in total. The summed E-state index contributed by atoms with van der Waals surface area (Å²) >= 11 is 6.34. The Balaban J connectivity index is 1.34. The van der Waals surface area contributed by atoms with Crippen LogP contribution in [-0.4, -0.2) is 50.6 Å². The lowest BCUT2D eigenvalue weighted by molar-refractivity contribution is -0.892. The first-order valence-corrected chi connectivity index (χ1v) is 10.7. The van der Waals surface area contributed by atoms with E-state index in [1.165, 1.54) is 16.0 Å². The first-order chi connectivity index (χ1) is 13.6. The van der Waals surface area contributed by atoms with Crippen molar-refractivity contribution >= 4 is 23.2 Å². The lowest BCUT2D eigenvalue weighted by atomic mass is 9.87. The van der Waals surface area contributed by atoms with E-state index in [1.807, 2.05) is 30.1 Å². The molecule has 0 saturated carbocycles. The first-order valence-electron chi connectivity index (χ1n) is 10.3. The lowest BCUT2D eigenvalue weighted by Crippen LogP contribution is -3.15. The fraction of sp³-hybridized carbons (Fsp3) is 0.435. The minimum absolute atomic E-state index is 0.223. The number of rotatable bonds is 4. The third kappa shape index (κ3) is 4.03. The standard InChI is InChI=1S/C23H28ClN3O/c1-25(21-12-6-8-18-7-2-3-9-19(18)21)23(28)17-26-13-15-27(16-14-26)22-11-5-4-10-20(22)24/h2-5,7,9-11,21H,6,8,12-17H2,1H3/p+1/t21-/m0/s1. The van der Waals surface area contributed by atoms with Gasteiger partial charge in [0.15, 0.2) is 6.54 Å². The number of benzene rings is 2. The number of likely N-dealkylation sites (N-methyl/N-ethyl adjacent to an activating group) is 1. The summed E-state index contributed by atoms with van der Waals surface area (Å²) in [5, 5.41) is 0.803. The van der Waals surface area contributed by atoms with Crippen LogP contribution in [0.3, 0.4) is 0 Å². The fourth-order valence-corrected chi connectivity index (χ4v) is 4.85. The zero-order valence-electron chi connectivity index (χ0n) is 16.5. The molecule has 0 aromatic heterocycles. The van der Waals surface area contributed by atoms with Crippen molar-refractivity contribution < 1.29 is 9.69 Å². The van der Waals surface area contributed by atoms with Gasteiger partial charge in [0.1, 0.15) is 0 Å². The van der Waals surface area contributed by atoms with E-state index in [0.717, 1.165) is 56.2 Å². The molecule has 2 aromatic rings. The van der Waals surface area contributed by atoms with E-state index in [1.54, 1.807) is 0 Å². The molecule has 1 heterocycles. The summed E-state index contributed by atoms with van der Waals surface area (Å²) in [6.07, 6.45) is 3.35. The van der Waals surface area contributed by atoms with Crippen molar-refractivity contribution in [3.63, 3.8) is 0 Å². The van der Waals surface area contributed by atoms with Crippen LogP contribution < -0.4 is 9.80 Å². The van der Waals surface area contributed by atoms with Gasteiger partial charge >= 0.3 is 0 Å². The van der Waals surface area contributed by atoms with Crippen LogP contribution in [0.4, 0.5) is 5.69 Å².